The lowest BCUT2D eigenvalue weighted by molar-refractivity contribution is -0.122. The average Bonchev–Trinajstić information content (AvgIpc) is 2.60. The fraction of sp³-hybridized carbons (Fsp3) is 0.300. The van der Waals surface area contributed by atoms with Gasteiger partial charge in [0.2, 0.25) is 0 Å². The van der Waals surface area contributed by atoms with Crippen LogP contribution in [0.3, 0.4) is 0 Å². The van der Waals surface area contributed by atoms with Crippen LogP contribution in [-0.4, -0.2) is 28.9 Å². The maximum atomic E-state index is 13.2. The van der Waals surface area contributed by atoms with Gasteiger partial charge in [0.05, 0.1) is 11.3 Å². The Hall–Kier alpha value is -2.82. The number of nitrogens with one attached hydrogen (secondary N) is 1. The minimum absolute atomic E-state index is 0.0270. The zero-order valence-electron chi connectivity index (χ0n) is 14.7. The molecule has 1 aliphatic heterocycles. The fourth-order valence-corrected chi connectivity index (χ4v) is 2.82. The van der Waals surface area contributed by atoms with Gasteiger partial charge in [-0.3, -0.25) is 9.59 Å². The van der Waals surface area contributed by atoms with E-state index >= 15 is 0 Å². The Balaban J connectivity index is 1.93. The second-order valence-corrected chi connectivity index (χ2v) is 6.44. The number of carbonyl (C=O) groups excluding carboxylic acids is 2. The van der Waals surface area contributed by atoms with Crippen molar-refractivity contribution in [3.63, 3.8) is 0 Å². The van der Waals surface area contributed by atoms with E-state index in [9.17, 15) is 9.59 Å². The Morgan fingerprint density at radius 1 is 1.16 bits per heavy atom. The van der Waals surface area contributed by atoms with Gasteiger partial charge in [-0.15, -0.1) is 0 Å². The predicted molar refractivity (Wildman–Crippen MR) is 96.6 cm³/mol. The molecular weight excluding hydrogens is 316 g/mol. The van der Waals surface area contributed by atoms with Gasteiger partial charge in [-0.2, -0.15) is 0 Å². The van der Waals surface area contributed by atoms with Crippen molar-refractivity contribution in [2.75, 3.05) is 5.32 Å². The molecule has 0 saturated heterocycles. The number of hydrogen-bond acceptors (Lipinski definition) is 3. The summed E-state index contributed by atoms with van der Waals surface area (Å²) in [6.45, 7) is 6.16. The van der Waals surface area contributed by atoms with E-state index in [0.29, 0.717) is 23.5 Å². The maximum Gasteiger partial charge on any atom is 0.265 e. The molecule has 0 aromatic heterocycles. The van der Waals surface area contributed by atoms with Crippen molar-refractivity contribution in [2.45, 2.75) is 39.5 Å². The summed E-state index contributed by atoms with van der Waals surface area (Å²) < 4.78 is 5.72. The standard InChI is InChI=1S/C20H22N2O3/c1-13(2)22(12-15-8-5-4-6-9-15)20(24)16-10-7-11-17-18(16)25-14(3)19(23)21-17/h4-11,13-14H,12H2,1-3H3,(H,21,23). The summed E-state index contributed by atoms with van der Waals surface area (Å²) in [6, 6.07) is 15.1. The number of benzene rings is 2. The molecule has 5 heteroatoms. The summed E-state index contributed by atoms with van der Waals surface area (Å²) in [7, 11) is 0. The van der Waals surface area contributed by atoms with Gasteiger partial charge in [0.1, 0.15) is 0 Å². The smallest absolute Gasteiger partial charge is 0.265 e. The van der Waals surface area contributed by atoms with Crippen LogP contribution < -0.4 is 10.1 Å². The van der Waals surface area contributed by atoms with Gasteiger partial charge in [0.25, 0.3) is 11.8 Å². The second-order valence-electron chi connectivity index (χ2n) is 6.44. The first-order valence-corrected chi connectivity index (χ1v) is 8.43. The van der Waals surface area contributed by atoms with E-state index in [-0.39, 0.29) is 17.9 Å². The van der Waals surface area contributed by atoms with Crippen LogP contribution in [0.4, 0.5) is 5.69 Å². The lowest BCUT2D eigenvalue weighted by Crippen LogP contribution is -2.39. The highest BCUT2D eigenvalue weighted by molar-refractivity contribution is 6.04. The van der Waals surface area contributed by atoms with Crippen LogP contribution >= 0.6 is 0 Å². The summed E-state index contributed by atoms with van der Waals surface area (Å²) in [5.41, 5.74) is 2.07. The summed E-state index contributed by atoms with van der Waals surface area (Å²) in [5, 5.41) is 2.79. The minimum atomic E-state index is -0.622. The van der Waals surface area contributed by atoms with E-state index in [4.69, 9.17) is 4.74 Å². The minimum Gasteiger partial charge on any atom is -0.478 e. The quantitative estimate of drug-likeness (QED) is 0.929. The van der Waals surface area contributed by atoms with Gasteiger partial charge in [-0.05, 0) is 38.5 Å². The third-order valence-corrected chi connectivity index (χ3v) is 4.25. The molecule has 130 valence electrons. The number of ether oxygens (including phenoxy) is 1. The third kappa shape index (κ3) is 3.50. The first-order chi connectivity index (χ1) is 12.0. The number of carbonyl (C=O) groups is 2. The van der Waals surface area contributed by atoms with Crippen molar-refractivity contribution < 1.29 is 14.3 Å². The summed E-state index contributed by atoms with van der Waals surface area (Å²) in [6.07, 6.45) is -0.622. The van der Waals surface area contributed by atoms with Crippen molar-refractivity contribution in [1.29, 1.82) is 0 Å². The number of rotatable bonds is 4. The number of amides is 2. The SMILES string of the molecule is CC1Oc2c(cccc2C(=O)N(Cc2ccccc2)C(C)C)NC1=O. The number of hydrogen-bond donors (Lipinski definition) is 1. The van der Waals surface area contributed by atoms with E-state index in [1.807, 2.05) is 44.2 Å². The van der Waals surface area contributed by atoms with Crippen molar-refractivity contribution in [1.82, 2.24) is 4.90 Å². The van der Waals surface area contributed by atoms with Crippen LogP contribution in [0.1, 0.15) is 36.7 Å². The van der Waals surface area contributed by atoms with Crippen molar-refractivity contribution in [3.8, 4) is 5.75 Å². The maximum absolute atomic E-state index is 13.2. The molecule has 2 aromatic carbocycles. The molecule has 0 saturated carbocycles. The van der Waals surface area contributed by atoms with Crippen LogP contribution in [0.25, 0.3) is 0 Å². The van der Waals surface area contributed by atoms with E-state index in [1.54, 1.807) is 30.0 Å². The number of nitrogens with zero attached hydrogens (tertiary/aromatic N) is 1. The first kappa shape index (κ1) is 17.0. The average molecular weight is 338 g/mol. The lowest BCUT2D eigenvalue weighted by atomic mass is 10.1. The number of para-hydroxylation sites is 1. The molecule has 0 aliphatic carbocycles. The Bertz CT molecular complexity index is 787. The highest BCUT2D eigenvalue weighted by Crippen LogP contribution is 2.34. The fourth-order valence-electron chi connectivity index (χ4n) is 2.82. The Kier molecular flexibility index (Phi) is 4.74. The van der Waals surface area contributed by atoms with Crippen LogP contribution in [0.2, 0.25) is 0 Å². The molecule has 0 spiro atoms. The van der Waals surface area contributed by atoms with Crippen molar-refractivity contribution >= 4 is 17.5 Å². The molecule has 5 nitrogen and oxygen atoms in total. The van der Waals surface area contributed by atoms with Crippen LogP contribution in [0.5, 0.6) is 5.75 Å². The van der Waals surface area contributed by atoms with Gasteiger partial charge >= 0.3 is 0 Å². The Morgan fingerprint density at radius 3 is 2.56 bits per heavy atom. The Labute approximate surface area is 147 Å². The van der Waals surface area contributed by atoms with E-state index < -0.39 is 6.10 Å². The number of fused-ring (bicyclic) bond motifs is 1. The zero-order valence-corrected chi connectivity index (χ0v) is 14.7. The molecular formula is C20H22N2O3. The zero-order chi connectivity index (χ0) is 18.0. The van der Waals surface area contributed by atoms with Gasteiger partial charge < -0.3 is 15.0 Å². The van der Waals surface area contributed by atoms with Gasteiger partial charge in [0.15, 0.2) is 11.9 Å². The summed E-state index contributed by atoms with van der Waals surface area (Å²) >= 11 is 0. The number of anilines is 1. The molecule has 0 radical (unpaired) electrons. The monoisotopic (exact) mass is 338 g/mol. The predicted octanol–water partition coefficient (Wildman–Crippen LogP) is 3.46. The van der Waals surface area contributed by atoms with Crippen molar-refractivity contribution in [3.05, 3.63) is 59.7 Å². The highest BCUT2D eigenvalue weighted by Gasteiger charge is 2.30. The van der Waals surface area contributed by atoms with Gasteiger partial charge in [-0.25, -0.2) is 0 Å². The summed E-state index contributed by atoms with van der Waals surface area (Å²) in [5.74, 6) is 0.125. The van der Waals surface area contributed by atoms with Crippen LogP contribution in [-0.2, 0) is 11.3 Å². The molecule has 1 heterocycles. The largest absolute Gasteiger partial charge is 0.478 e. The molecule has 1 N–H and O–H groups in total. The molecule has 3 rings (SSSR count). The topological polar surface area (TPSA) is 58.6 Å². The normalized spacial score (nSPS) is 16.0. The van der Waals surface area contributed by atoms with E-state index in [2.05, 4.69) is 5.32 Å². The second kappa shape index (κ2) is 6.97. The molecule has 1 aliphatic rings. The van der Waals surface area contributed by atoms with E-state index in [0.717, 1.165) is 5.56 Å². The first-order valence-electron chi connectivity index (χ1n) is 8.43. The summed E-state index contributed by atoms with van der Waals surface area (Å²) in [4.78, 5) is 26.8. The molecule has 0 bridgehead atoms. The molecule has 0 fully saturated rings. The molecule has 25 heavy (non-hydrogen) atoms. The van der Waals surface area contributed by atoms with Crippen LogP contribution in [0.15, 0.2) is 48.5 Å². The van der Waals surface area contributed by atoms with Gasteiger partial charge in [-0.1, -0.05) is 36.4 Å². The molecule has 1 atom stereocenters. The molecule has 2 amide bonds. The highest BCUT2D eigenvalue weighted by atomic mass is 16.5. The Morgan fingerprint density at radius 2 is 1.88 bits per heavy atom. The third-order valence-electron chi connectivity index (χ3n) is 4.25. The molecule has 1 unspecified atom stereocenters. The van der Waals surface area contributed by atoms with E-state index in [1.165, 1.54) is 0 Å². The van der Waals surface area contributed by atoms with Crippen LogP contribution in [0, 0.1) is 0 Å². The lowest BCUT2D eigenvalue weighted by Gasteiger charge is -2.30. The van der Waals surface area contributed by atoms with Crippen molar-refractivity contribution in [2.24, 2.45) is 0 Å². The van der Waals surface area contributed by atoms with Gasteiger partial charge in [0, 0.05) is 12.6 Å². The molecule has 2 aromatic rings.